The Morgan fingerprint density at radius 3 is 2.45 bits per heavy atom. The lowest BCUT2D eigenvalue weighted by atomic mass is 9.79. The zero-order chi connectivity index (χ0) is 15.6. The normalized spacial score (nSPS) is 21.3. The highest BCUT2D eigenvalue weighted by Crippen LogP contribution is 2.35. The maximum Gasteiger partial charge on any atom is 0.319 e. The van der Waals surface area contributed by atoms with E-state index >= 15 is 0 Å². The minimum atomic E-state index is -1.07. The summed E-state index contributed by atoms with van der Waals surface area (Å²) >= 11 is 0. The Labute approximate surface area is 129 Å². The van der Waals surface area contributed by atoms with Crippen LogP contribution in [0.1, 0.15) is 32.3 Å². The van der Waals surface area contributed by atoms with E-state index in [2.05, 4.69) is 0 Å². The number of hydrogen-bond donors (Lipinski definition) is 0. The molecule has 0 spiro atoms. The molecule has 0 aliphatic carbocycles. The summed E-state index contributed by atoms with van der Waals surface area (Å²) in [5, 5.41) is 0. The van der Waals surface area contributed by atoms with Gasteiger partial charge in [-0.05, 0) is 24.6 Å². The van der Waals surface area contributed by atoms with Gasteiger partial charge in [0, 0.05) is 19.4 Å². The molecule has 2 atom stereocenters. The molecule has 1 aromatic rings. The zero-order valence-corrected chi connectivity index (χ0v) is 11.8. The zero-order valence-electron chi connectivity index (χ0n) is 11.8. The number of carbonyl (C=O) groups is 3. The van der Waals surface area contributed by atoms with E-state index in [1.54, 1.807) is 6.92 Å². The summed E-state index contributed by atoms with van der Waals surface area (Å²) in [5.41, 5.74) is 0.573. The van der Waals surface area contributed by atoms with E-state index in [0.717, 1.165) is 4.90 Å². The topological polar surface area (TPSA) is 63.7 Å². The lowest BCUT2D eigenvalue weighted by molar-refractivity contribution is -0.162. The number of esters is 1. The number of halogens is 1. The van der Waals surface area contributed by atoms with Crippen molar-refractivity contribution in [1.82, 2.24) is 4.90 Å². The predicted molar refractivity (Wildman–Crippen MR) is 78.4 cm³/mol. The van der Waals surface area contributed by atoms with Crippen LogP contribution in [-0.2, 0) is 19.1 Å². The van der Waals surface area contributed by atoms with E-state index in [1.807, 2.05) is 0 Å². The molecular formula is C16H20FNO4. The van der Waals surface area contributed by atoms with Crippen LogP contribution in [0.5, 0.6) is 0 Å². The third kappa shape index (κ3) is 3.32. The molecule has 120 valence electrons. The summed E-state index contributed by atoms with van der Waals surface area (Å²) in [7, 11) is 1.35. The minimum Gasteiger partial charge on any atom is -0.465 e. The SMILES string of the molecule is C.CCOC(=O)[C@@H]1C(=O)N(C)C(=O)C[C@H]1c1ccc(F)cc1. The highest BCUT2D eigenvalue weighted by atomic mass is 19.1. The molecule has 1 aromatic carbocycles. The van der Waals surface area contributed by atoms with Crippen LogP contribution in [0.4, 0.5) is 4.39 Å². The molecule has 0 aromatic heterocycles. The smallest absolute Gasteiger partial charge is 0.319 e. The number of amides is 2. The average molecular weight is 309 g/mol. The van der Waals surface area contributed by atoms with Crippen molar-refractivity contribution in [3.63, 3.8) is 0 Å². The van der Waals surface area contributed by atoms with Crippen molar-refractivity contribution < 1.29 is 23.5 Å². The molecule has 1 aliphatic heterocycles. The van der Waals surface area contributed by atoms with Gasteiger partial charge in [0.25, 0.3) is 0 Å². The van der Waals surface area contributed by atoms with Gasteiger partial charge in [0.15, 0.2) is 0 Å². The number of carbonyl (C=O) groups excluding carboxylic acids is 3. The number of hydrogen-bond acceptors (Lipinski definition) is 4. The predicted octanol–water partition coefficient (Wildman–Crippen LogP) is 2.11. The van der Waals surface area contributed by atoms with Crippen LogP contribution >= 0.6 is 0 Å². The Balaban J connectivity index is 0.00000242. The number of benzene rings is 1. The number of likely N-dealkylation sites (tertiary alicyclic amines) is 1. The van der Waals surface area contributed by atoms with Crippen LogP contribution in [0.25, 0.3) is 0 Å². The van der Waals surface area contributed by atoms with E-state index < -0.39 is 29.5 Å². The van der Waals surface area contributed by atoms with Gasteiger partial charge in [-0.1, -0.05) is 19.6 Å². The van der Waals surface area contributed by atoms with Crippen molar-refractivity contribution in [2.24, 2.45) is 5.92 Å². The van der Waals surface area contributed by atoms with E-state index in [0.29, 0.717) is 5.56 Å². The van der Waals surface area contributed by atoms with Crippen LogP contribution in [0, 0.1) is 11.7 Å². The second-order valence-corrected chi connectivity index (χ2v) is 4.88. The molecule has 2 rings (SSSR count). The molecule has 6 heteroatoms. The van der Waals surface area contributed by atoms with Crippen molar-refractivity contribution in [2.45, 2.75) is 26.7 Å². The van der Waals surface area contributed by atoms with Crippen LogP contribution in [-0.4, -0.2) is 36.3 Å². The Morgan fingerprint density at radius 2 is 1.91 bits per heavy atom. The number of nitrogens with zero attached hydrogens (tertiary/aromatic N) is 1. The van der Waals surface area contributed by atoms with Gasteiger partial charge in [-0.2, -0.15) is 0 Å². The average Bonchev–Trinajstić information content (AvgIpc) is 2.45. The van der Waals surface area contributed by atoms with Crippen LogP contribution < -0.4 is 0 Å². The second kappa shape index (κ2) is 7.15. The maximum atomic E-state index is 13.0. The Bertz CT molecular complexity index is 570. The van der Waals surface area contributed by atoms with Gasteiger partial charge >= 0.3 is 5.97 Å². The summed E-state index contributed by atoms with van der Waals surface area (Å²) < 4.78 is 18.0. The molecule has 0 radical (unpaired) electrons. The summed E-state index contributed by atoms with van der Waals surface area (Å²) in [4.78, 5) is 37.1. The van der Waals surface area contributed by atoms with Gasteiger partial charge in [0.2, 0.25) is 11.8 Å². The van der Waals surface area contributed by atoms with E-state index in [-0.39, 0.29) is 26.4 Å². The molecule has 2 amide bonds. The maximum absolute atomic E-state index is 13.0. The number of ether oxygens (including phenoxy) is 1. The molecule has 1 fully saturated rings. The molecule has 1 saturated heterocycles. The van der Waals surface area contributed by atoms with E-state index in [9.17, 15) is 18.8 Å². The van der Waals surface area contributed by atoms with Gasteiger partial charge < -0.3 is 4.74 Å². The first-order valence-corrected chi connectivity index (χ1v) is 6.68. The Hall–Kier alpha value is -2.24. The molecule has 5 nitrogen and oxygen atoms in total. The molecule has 0 N–H and O–H groups in total. The van der Waals surface area contributed by atoms with Crippen molar-refractivity contribution in [2.75, 3.05) is 13.7 Å². The van der Waals surface area contributed by atoms with Gasteiger partial charge in [-0.15, -0.1) is 0 Å². The number of rotatable bonds is 3. The standard InChI is InChI=1S/C15H16FNO4.CH4/c1-3-21-15(20)13-11(8-12(18)17(2)14(13)19)9-4-6-10(16)7-5-9;/h4-7,11,13H,3,8H2,1-2H3;1H4/t11-,13-;/m0./s1. The first kappa shape index (κ1) is 17.8. The number of imide groups is 1. The van der Waals surface area contributed by atoms with Gasteiger partial charge in [-0.25, -0.2) is 4.39 Å². The van der Waals surface area contributed by atoms with Crippen molar-refractivity contribution in [3.05, 3.63) is 35.6 Å². The lowest BCUT2D eigenvalue weighted by Crippen LogP contribution is -2.49. The fourth-order valence-electron chi connectivity index (χ4n) is 2.46. The van der Waals surface area contributed by atoms with E-state index in [4.69, 9.17) is 4.74 Å². The molecule has 1 heterocycles. The molecule has 1 aliphatic rings. The van der Waals surface area contributed by atoms with Crippen molar-refractivity contribution in [3.8, 4) is 0 Å². The fraction of sp³-hybridized carbons (Fsp3) is 0.438. The lowest BCUT2D eigenvalue weighted by Gasteiger charge is -2.33. The number of piperidine rings is 1. The van der Waals surface area contributed by atoms with Gasteiger partial charge in [0.1, 0.15) is 11.7 Å². The second-order valence-electron chi connectivity index (χ2n) is 4.88. The third-order valence-electron chi connectivity index (χ3n) is 3.61. The highest BCUT2D eigenvalue weighted by molar-refractivity contribution is 6.08. The highest BCUT2D eigenvalue weighted by Gasteiger charge is 2.45. The summed E-state index contributed by atoms with van der Waals surface area (Å²) in [6.07, 6.45) is 0.0113. The van der Waals surface area contributed by atoms with Crippen molar-refractivity contribution in [1.29, 1.82) is 0 Å². The Morgan fingerprint density at radius 1 is 1.32 bits per heavy atom. The van der Waals surface area contributed by atoms with Crippen LogP contribution in [0.2, 0.25) is 0 Å². The van der Waals surface area contributed by atoms with Crippen LogP contribution in [0.15, 0.2) is 24.3 Å². The molecule has 22 heavy (non-hydrogen) atoms. The molecule has 0 saturated carbocycles. The molecule has 0 unspecified atom stereocenters. The first-order chi connectivity index (χ1) is 9.95. The summed E-state index contributed by atoms with van der Waals surface area (Å²) in [5.74, 6) is -3.72. The fourth-order valence-corrected chi connectivity index (χ4v) is 2.46. The van der Waals surface area contributed by atoms with Gasteiger partial charge in [-0.3, -0.25) is 19.3 Å². The Kier molecular flexibility index (Phi) is 5.79. The monoisotopic (exact) mass is 309 g/mol. The van der Waals surface area contributed by atoms with Crippen LogP contribution in [0.3, 0.4) is 0 Å². The van der Waals surface area contributed by atoms with E-state index in [1.165, 1.54) is 31.3 Å². The quantitative estimate of drug-likeness (QED) is 0.487. The first-order valence-electron chi connectivity index (χ1n) is 6.68. The molecular weight excluding hydrogens is 289 g/mol. The third-order valence-corrected chi connectivity index (χ3v) is 3.61. The largest absolute Gasteiger partial charge is 0.465 e. The molecule has 0 bridgehead atoms. The summed E-state index contributed by atoms with van der Waals surface area (Å²) in [6, 6.07) is 5.45. The summed E-state index contributed by atoms with van der Waals surface area (Å²) in [6.45, 7) is 1.80. The van der Waals surface area contributed by atoms with Gasteiger partial charge in [0.05, 0.1) is 6.61 Å². The minimum absolute atomic E-state index is 0. The van der Waals surface area contributed by atoms with Crippen molar-refractivity contribution >= 4 is 17.8 Å².